The van der Waals surface area contributed by atoms with Crippen LogP contribution in [-0.4, -0.2) is 30.6 Å². The number of aromatic nitrogens is 5. The summed E-state index contributed by atoms with van der Waals surface area (Å²) in [4.78, 5) is 24.2. The van der Waals surface area contributed by atoms with Crippen molar-refractivity contribution in [1.29, 1.82) is 0 Å². The summed E-state index contributed by atoms with van der Waals surface area (Å²) in [6.45, 7) is 3.28. The van der Waals surface area contributed by atoms with E-state index in [0.717, 1.165) is 23.4 Å². The SMILES string of the molecule is Cc1nn(CC(=O)Nc2ccc(-c3ccncc3)cn2)c(C)c1-c1ccnc(C(F)(F)F)c1. The molecular formula is C23H19F3N6O. The lowest BCUT2D eigenvalue weighted by Crippen LogP contribution is -2.20. The number of amides is 1. The van der Waals surface area contributed by atoms with Gasteiger partial charge in [-0.15, -0.1) is 0 Å². The molecule has 4 aromatic rings. The van der Waals surface area contributed by atoms with Crippen LogP contribution in [0.2, 0.25) is 0 Å². The lowest BCUT2D eigenvalue weighted by atomic mass is 10.0. The standard InChI is InChI=1S/C23H19F3N6O/c1-14-22(17-7-10-28-19(11-17)23(24,25)26)15(2)32(31-14)13-21(33)30-20-4-3-18(12-29-20)16-5-8-27-9-6-16/h3-12H,13H2,1-2H3,(H,29,30,33). The van der Waals surface area contributed by atoms with E-state index in [1.165, 1.54) is 10.7 Å². The topological polar surface area (TPSA) is 85.6 Å². The first-order valence-corrected chi connectivity index (χ1v) is 9.96. The minimum absolute atomic E-state index is 0.113. The van der Waals surface area contributed by atoms with E-state index in [2.05, 4.69) is 25.4 Å². The summed E-state index contributed by atoms with van der Waals surface area (Å²) in [5.41, 5.74) is 2.82. The van der Waals surface area contributed by atoms with Crippen LogP contribution in [-0.2, 0) is 17.5 Å². The summed E-state index contributed by atoms with van der Waals surface area (Å²) in [5, 5.41) is 7.05. The zero-order chi connectivity index (χ0) is 23.6. The molecule has 0 aliphatic carbocycles. The van der Waals surface area contributed by atoms with E-state index in [9.17, 15) is 18.0 Å². The lowest BCUT2D eigenvalue weighted by molar-refractivity contribution is -0.141. The Morgan fingerprint density at radius 1 is 0.970 bits per heavy atom. The van der Waals surface area contributed by atoms with Crippen molar-refractivity contribution < 1.29 is 18.0 Å². The van der Waals surface area contributed by atoms with E-state index in [-0.39, 0.29) is 12.5 Å². The number of hydrogen-bond acceptors (Lipinski definition) is 5. The summed E-state index contributed by atoms with van der Waals surface area (Å²) in [6, 6.07) is 9.71. The summed E-state index contributed by atoms with van der Waals surface area (Å²) in [6.07, 6.45) is 1.58. The van der Waals surface area contributed by atoms with Crippen molar-refractivity contribution in [2.75, 3.05) is 5.32 Å². The Kier molecular flexibility index (Phi) is 5.91. The molecule has 4 aromatic heterocycles. The van der Waals surface area contributed by atoms with Crippen LogP contribution in [0.1, 0.15) is 17.1 Å². The highest BCUT2D eigenvalue weighted by atomic mass is 19.4. The molecule has 0 aliphatic heterocycles. The number of carbonyl (C=O) groups excluding carboxylic acids is 1. The highest BCUT2D eigenvalue weighted by molar-refractivity contribution is 5.90. The van der Waals surface area contributed by atoms with Crippen LogP contribution < -0.4 is 5.32 Å². The number of halogens is 3. The zero-order valence-corrected chi connectivity index (χ0v) is 17.8. The molecule has 33 heavy (non-hydrogen) atoms. The molecular weight excluding hydrogens is 433 g/mol. The predicted octanol–water partition coefficient (Wildman–Crippen LogP) is 4.68. The van der Waals surface area contributed by atoms with Crippen molar-refractivity contribution in [2.24, 2.45) is 0 Å². The number of nitrogens with zero attached hydrogens (tertiary/aromatic N) is 5. The Labute approximate surface area is 187 Å². The van der Waals surface area contributed by atoms with Gasteiger partial charge >= 0.3 is 6.18 Å². The first-order valence-electron chi connectivity index (χ1n) is 9.96. The molecule has 1 amide bonds. The van der Waals surface area contributed by atoms with E-state index in [1.54, 1.807) is 38.5 Å². The largest absolute Gasteiger partial charge is 0.433 e. The van der Waals surface area contributed by atoms with Crippen molar-refractivity contribution in [3.8, 4) is 22.3 Å². The van der Waals surface area contributed by atoms with Gasteiger partial charge < -0.3 is 5.32 Å². The molecule has 0 fully saturated rings. The van der Waals surface area contributed by atoms with E-state index in [4.69, 9.17) is 0 Å². The molecule has 7 nitrogen and oxygen atoms in total. The van der Waals surface area contributed by atoms with Crippen LogP contribution >= 0.6 is 0 Å². The maximum absolute atomic E-state index is 13.0. The number of nitrogens with one attached hydrogen (secondary N) is 1. The number of carbonyl (C=O) groups is 1. The molecule has 0 aliphatic rings. The molecule has 0 atom stereocenters. The fraction of sp³-hybridized carbons (Fsp3) is 0.174. The third kappa shape index (κ3) is 4.89. The highest BCUT2D eigenvalue weighted by Gasteiger charge is 2.33. The number of anilines is 1. The normalized spacial score (nSPS) is 11.4. The molecule has 0 saturated heterocycles. The third-order valence-corrected chi connectivity index (χ3v) is 5.06. The van der Waals surface area contributed by atoms with Crippen molar-refractivity contribution in [2.45, 2.75) is 26.6 Å². The molecule has 0 radical (unpaired) electrons. The van der Waals surface area contributed by atoms with Crippen molar-refractivity contribution >= 4 is 11.7 Å². The van der Waals surface area contributed by atoms with Crippen molar-refractivity contribution in [3.05, 3.63) is 78.3 Å². The molecule has 4 heterocycles. The number of rotatable bonds is 5. The minimum atomic E-state index is -4.55. The second-order valence-corrected chi connectivity index (χ2v) is 7.35. The van der Waals surface area contributed by atoms with Crippen LogP contribution in [0.25, 0.3) is 22.3 Å². The number of alkyl halides is 3. The molecule has 4 rings (SSSR count). The van der Waals surface area contributed by atoms with Gasteiger partial charge in [-0.2, -0.15) is 18.3 Å². The molecule has 0 spiro atoms. The van der Waals surface area contributed by atoms with Gasteiger partial charge in [0.1, 0.15) is 18.1 Å². The quantitative estimate of drug-likeness (QED) is 0.475. The minimum Gasteiger partial charge on any atom is -0.309 e. The van der Waals surface area contributed by atoms with E-state index < -0.39 is 11.9 Å². The molecule has 0 aromatic carbocycles. The summed E-state index contributed by atoms with van der Waals surface area (Å²) < 4.78 is 40.6. The second kappa shape index (κ2) is 8.81. The van der Waals surface area contributed by atoms with Gasteiger partial charge in [0, 0.05) is 41.6 Å². The van der Waals surface area contributed by atoms with Gasteiger partial charge in [-0.25, -0.2) is 4.98 Å². The number of hydrogen-bond donors (Lipinski definition) is 1. The molecule has 0 bridgehead atoms. The van der Waals surface area contributed by atoms with E-state index >= 15 is 0 Å². The Hall–Kier alpha value is -4.08. The smallest absolute Gasteiger partial charge is 0.309 e. The van der Waals surface area contributed by atoms with Gasteiger partial charge in [-0.05, 0) is 61.4 Å². The summed E-state index contributed by atoms with van der Waals surface area (Å²) in [5.74, 6) is 0.0190. The Morgan fingerprint density at radius 2 is 1.70 bits per heavy atom. The van der Waals surface area contributed by atoms with Gasteiger partial charge in [0.15, 0.2) is 0 Å². The number of aryl methyl sites for hydroxylation is 1. The molecule has 0 saturated carbocycles. The average Bonchev–Trinajstić information content (AvgIpc) is 3.07. The first-order chi connectivity index (χ1) is 15.7. The van der Waals surface area contributed by atoms with Crippen LogP contribution in [0.3, 0.4) is 0 Å². The maximum Gasteiger partial charge on any atom is 0.433 e. The second-order valence-electron chi connectivity index (χ2n) is 7.35. The first kappa shape index (κ1) is 22.1. The average molecular weight is 452 g/mol. The Bertz CT molecular complexity index is 1280. The Morgan fingerprint density at radius 3 is 2.36 bits per heavy atom. The van der Waals surface area contributed by atoms with Gasteiger partial charge in [0.05, 0.1) is 5.69 Å². The van der Waals surface area contributed by atoms with Crippen LogP contribution in [0, 0.1) is 13.8 Å². The summed E-state index contributed by atoms with van der Waals surface area (Å²) >= 11 is 0. The van der Waals surface area contributed by atoms with Crippen LogP contribution in [0.5, 0.6) is 0 Å². The molecule has 1 N–H and O–H groups in total. The molecule has 10 heteroatoms. The highest BCUT2D eigenvalue weighted by Crippen LogP contribution is 2.32. The monoisotopic (exact) mass is 452 g/mol. The van der Waals surface area contributed by atoms with Crippen molar-refractivity contribution in [3.63, 3.8) is 0 Å². The maximum atomic E-state index is 13.0. The van der Waals surface area contributed by atoms with Crippen LogP contribution in [0.4, 0.5) is 19.0 Å². The zero-order valence-electron chi connectivity index (χ0n) is 17.8. The molecule has 168 valence electrons. The summed E-state index contributed by atoms with van der Waals surface area (Å²) in [7, 11) is 0. The lowest BCUT2D eigenvalue weighted by Gasteiger charge is -2.09. The van der Waals surface area contributed by atoms with Gasteiger partial charge in [-0.1, -0.05) is 0 Å². The third-order valence-electron chi connectivity index (χ3n) is 5.06. The van der Waals surface area contributed by atoms with Gasteiger partial charge in [0.2, 0.25) is 5.91 Å². The number of pyridine rings is 3. The van der Waals surface area contributed by atoms with Gasteiger partial charge in [-0.3, -0.25) is 19.4 Å². The fourth-order valence-corrected chi connectivity index (χ4v) is 3.51. The fourth-order valence-electron chi connectivity index (χ4n) is 3.51. The van der Waals surface area contributed by atoms with E-state index in [1.807, 2.05) is 18.2 Å². The Balaban J connectivity index is 1.49. The van der Waals surface area contributed by atoms with Gasteiger partial charge in [0.25, 0.3) is 0 Å². The predicted molar refractivity (Wildman–Crippen MR) is 116 cm³/mol. The van der Waals surface area contributed by atoms with Crippen LogP contribution in [0.15, 0.2) is 61.2 Å². The van der Waals surface area contributed by atoms with Crippen molar-refractivity contribution in [1.82, 2.24) is 24.7 Å². The molecule has 0 unspecified atom stereocenters. The van der Waals surface area contributed by atoms with E-state index in [0.29, 0.717) is 28.3 Å².